The Balaban J connectivity index is 2.26. The predicted molar refractivity (Wildman–Crippen MR) is 76.3 cm³/mol. The van der Waals surface area contributed by atoms with E-state index in [-0.39, 0.29) is 17.2 Å². The predicted octanol–water partition coefficient (Wildman–Crippen LogP) is 4.06. The van der Waals surface area contributed by atoms with Crippen molar-refractivity contribution >= 4 is 11.6 Å². The summed E-state index contributed by atoms with van der Waals surface area (Å²) >= 11 is 0. The first-order valence-corrected chi connectivity index (χ1v) is 7.31. The van der Waals surface area contributed by atoms with E-state index >= 15 is 0 Å². The van der Waals surface area contributed by atoms with Gasteiger partial charge in [0.15, 0.2) is 0 Å². The van der Waals surface area contributed by atoms with Gasteiger partial charge in [-0.3, -0.25) is 0 Å². The van der Waals surface area contributed by atoms with Crippen LogP contribution < -0.4 is 10.6 Å². The fraction of sp³-hybridized carbons (Fsp3) is 0.714. The second kappa shape index (κ2) is 6.07. The first-order chi connectivity index (χ1) is 9.82. The zero-order valence-corrected chi connectivity index (χ0v) is 12.3. The minimum absolute atomic E-state index is 0.181. The first-order valence-electron chi connectivity index (χ1n) is 7.31. The Morgan fingerprint density at radius 3 is 2.38 bits per heavy atom. The number of nitrogens with zero attached hydrogens (tertiary/aromatic N) is 2. The van der Waals surface area contributed by atoms with Crippen molar-refractivity contribution in [3.8, 4) is 0 Å². The maximum Gasteiger partial charge on any atom is 0.451 e. The number of alkyl halides is 3. The Bertz CT molecular complexity index is 482. The van der Waals surface area contributed by atoms with Crippen LogP contribution in [0.2, 0.25) is 0 Å². The molecule has 1 saturated carbocycles. The molecule has 0 spiro atoms. The van der Waals surface area contributed by atoms with Crippen LogP contribution in [0.3, 0.4) is 0 Å². The summed E-state index contributed by atoms with van der Waals surface area (Å²) in [4.78, 5) is 7.19. The molecule has 0 radical (unpaired) electrons. The van der Waals surface area contributed by atoms with Crippen molar-refractivity contribution in [3.63, 3.8) is 0 Å². The van der Waals surface area contributed by atoms with Crippen molar-refractivity contribution in [2.75, 3.05) is 17.2 Å². The lowest BCUT2D eigenvalue weighted by Gasteiger charge is -2.26. The Hall–Kier alpha value is -1.53. The van der Waals surface area contributed by atoms with E-state index in [1.54, 1.807) is 6.07 Å². The summed E-state index contributed by atoms with van der Waals surface area (Å²) in [6, 6.07) is 1.55. The fourth-order valence-corrected chi connectivity index (χ4v) is 2.57. The minimum Gasteiger partial charge on any atom is -0.370 e. The molecule has 1 aromatic rings. The average Bonchev–Trinajstić information content (AvgIpc) is 2.81. The van der Waals surface area contributed by atoms with Crippen LogP contribution in [0, 0.1) is 0 Å². The smallest absolute Gasteiger partial charge is 0.370 e. The fourth-order valence-electron chi connectivity index (χ4n) is 2.57. The molecule has 118 valence electrons. The summed E-state index contributed by atoms with van der Waals surface area (Å²) in [6.45, 7) is 4.54. The molecule has 1 aromatic heterocycles. The Labute approximate surface area is 122 Å². The SMILES string of the molecule is CCCNc1cc(NC2(C)CCCC2)nc(C(F)(F)F)n1. The van der Waals surface area contributed by atoms with Crippen molar-refractivity contribution in [1.29, 1.82) is 0 Å². The maximum absolute atomic E-state index is 12.9. The van der Waals surface area contributed by atoms with E-state index in [0.717, 1.165) is 32.1 Å². The van der Waals surface area contributed by atoms with Gasteiger partial charge in [0.05, 0.1) is 0 Å². The lowest BCUT2D eigenvalue weighted by molar-refractivity contribution is -0.144. The zero-order chi connectivity index (χ0) is 15.5. The summed E-state index contributed by atoms with van der Waals surface area (Å²) in [5.41, 5.74) is -0.181. The number of aromatic nitrogens is 2. The van der Waals surface area contributed by atoms with Gasteiger partial charge in [-0.1, -0.05) is 19.8 Å². The molecule has 0 unspecified atom stereocenters. The molecule has 0 bridgehead atoms. The summed E-state index contributed by atoms with van der Waals surface area (Å²) in [5, 5.41) is 6.05. The van der Waals surface area contributed by atoms with Crippen LogP contribution in [-0.4, -0.2) is 22.1 Å². The molecular weight excluding hydrogens is 281 g/mol. The number of rotatable bonds is 5. The summed E-state index contributed by atoms with van der Waals surface area (Å²) in [7, 11) is 0. The summed E-state index contributed by atoms with van der Waals surface area (Å²) in [6.07, 6.45) is 0.318. The van der Waals surface area contributed by atoms with Gasteiger partial charge in [0, 0.05) is 18.2 Å². The van der Waals surface area contributed by atoms with E-state index in [4.69, 9.17) is 0 Å². The first kappa shape index (κ1) is 15.9. The third-order valence-corrected chi connectivity index (χ3v) is 3.67. The second-order valence-electron chi connectivity index (χ2n) is 5.78. The Morgan fingerprint density at radius 1 is 1.19 bits per heavy atom. The van der Waals surface area contributed by atoms with E-state index in [2.05, 4.69) is 20.6 Å². The molecule has 0 saturated heterocycles. The molecule has 1 fully saturated rings. The van der Waals surface area contributed by atoms with Gasteiger partial charge in [0.2, 0.25) is 5.82 Å². The summed E-state index contributed by atoms with van der Waals surface area (Å²) < 4.78 is 38.7. The van der Waals surface area contributed by atoms with Crippen molar-refractivity contribution in [3.05, 3.63) is 11.9 Å². The van der Waals surface area contributed by atoms with Crippen LogP contribution in [0.15, 0.2) is 6.07 Å². The van der Waals surface area contributed by atoms with Crippen molar-refractivity contribution < 1.29 is 13.2 Å². The van der Waals surface area contributed by atoms with Gasteiger partial charge in [0.25, 0.3) is 0 Å². The highest BCUT2D eigenvalue weighted by Crippen LogP contribution is 2.34. The molecule has 1 aliphatic rings. The number of hydrogen-bond donors (Lipinski definition) is 2. The average molecular weight is 302 g/mol. The number of nitrogens with one attached hydrogen (secondary N) is 2. The molecule has 21 heavy (non-hydrogen) atoms. The highest BCUT2D eigenvalue weighted by atomic mass is 19.4. The van der Waals surface area contributed by atoms with Crippen molar-refractivity contribution in [2.45, 2.75) is 57.7 Å². The molecule has 0 atom stereocenters. The van der Waals surface area contributed by atoms with E-state index in [1.165, 1.54) is 0 Å². The zero-order valence-electron chi connectivity index (χ0n) is 12.3. The molecule has 0 amide bonds. The highest BCUT2D eigenvalue weighted by Gasteiger charge is 2.36. The van der Waals surface area contributed by atoms with Gasteiger partial charge in [0.1, 0.15) is 11.6 Å². The molecule has 4 nitrogen and oxygen atoms in total. The van der Waals surface area contributed by atoms with E-state index in [0.29, 0.717) is 6.54 Å². The van der Waals surface area contributed by atoms with Gasteiger partial charge in [-0.15, -0.1) is 0 Å². The number of anilines is 2. The maximum atomic E-state index is 12.9. The number of halogens is 3. The van der Waals surface area contributed by atoms with Crippen molar-refractivity contribution in [1.82, 2.24) is 9.97 Å². The Kier molecular flexibility index (Phi) is 4.58. The number of hydrogen-bond acceptors (Lipinski definition) is 4. The standard InChI is InChI=1S/C14H21F3N4/c1-3-8-18-10-9-11(20-12(19-10)14(15,16)17)21-13(2)6-4-5-7-13/h9H,3-8H2,1-2H3,(H2,18,19,20,21). The van der Waals surface area contributed by atoms with Crippen LogP contribution in [0.4, 0.5) is 24.8 Å². The second-order valence-corrected chi connectivity index (χ2v) is 5.78. The van der Waals surface area contributed by atoms with Crippen LogP contribution in [0.1, 0.15) is 51.8 Å². The lowest BCUT2D eigenvalue weighted by Crippen LogP contribution is -2.31. The van der Waals surface area contributed by atoms with Crippen LogP contribution >= 0.6 is 0 Å². The van der Waals surface area contributed by atoms with Crippen LogP contribution in [0.5, 0.6) is 0 Å². The van der Waals surface area contributed by atoms with Gasteiger partial charge in [-0.25, -0.2) is 9.97 Å². The molecule has 0 aliphatic heterocycles. The van der Waals surface area contributed by atoms with Gasteiger partial charge in [-0.2, -0.15) is 13.2 Å². The third kappa shape index (κ3) is 4.22. The minimum atomic E-state index is -4.54. The van der Waals surface area contributed by atoms with Gasteiger partial charge < -0.3 is 10.6 Å². The van der Waals surface area contributed by atoms with Gasteiger partial charge >= 0.3 is 6.18 Å². The van der Waals surface area contributed by atoms with E-state index in [9.17, 15) is 13.2 Å². The van der Waals surface area contributed by atoms with Crippen molar-refractivity contribution in [2.24, 2.45) is 0 Å². The topological polar surface area (TPSA) is 49.8 Å². The molecule has 2 rings (SSSR count). The van der Waals surface area contributed by atoms with Crippen LogP contribution in [-0.2, 0) is 6.18 Å². The molecule has 1 heterocycles. The lowest BCUT2D eigenvalue weighted by atomic mass is 10.0. The van der Waals surface area contributed by atoms with E-state index < -0.39 is 12.0 Å². The van der Waals surface area contributed by atoms with Crippen LogP contribution in [0.25, 0.3) is 0 Å². The molecular formula is C14H21F3N4. The molecule has 7 heteroatoms. The monoisotopic (exact) mass is 302 g/mol. The van der Waals surface area contributed by atoms with E-state index in [1.807, 2.05) is 13.8 Å². The molecule has 1 aliphatic carbocycles. The molecule has 2 N–H and O–H groups in total. The van der Waals surface area contributed by atoms with Gasteiger partial charge in [-0.05, 0) is 26.2 Å². The normalized spacial score (nSPS) is 17.8. The Morgan fingerprint density at radius 2 is 1.81 bits per heavy atom. The third-order valence-electron chi connectivity index (χ3n) is 3.67. The summed E-state index contributed by atoms with van der Waals surface area (Å²) in [5.74, 6) is -0.656. The quantitative estimate of drug-likeness (QED) is 0.861. The molecule has 0 aromatic carbocycles. The largest absolute Gasteiger partial charge is 0.451 e. The highest BCUT2D eigenvalue weighted by molar-refractivity contribution is 5.49.